The molecule has 0 unspecified atom stereocenters. The summed E-state index contributed by atoms with van der Waals surface area (Å²) >= 11 is 0. The third kappa shape index (κ3) is 2.42. The van der Waals surface area contributed by atoms with Crippen LogP contribution in [0.4, 0.5) is 5.82 Å². The van der Waals surface area contributed by atoms with E-state index in [0.29, 0.717) is 5.56 Å². The standard InChI is InChI=1S/C14H17N3/c1-14(2,3)9-16-13-11(8-15)10-6-4-5-7-12(10)17-13/h4-7,16-17H,9H2,1-3H3. The molecule has 2 rings (SSSR count). The van der Waals surface area contributed by atoms with Crippen LogP contribution in [0.25, 0.3) is 10.9 Å². The lowest BCUT2D eigenvalue weighted by Crippen LogP contribution is -2.19. The number of para-hydroxylation sites is 1. The summed E-state index contributed by atoms with van der Waals surface area (Å²) < 4.78 is 0. The summed E-state index contributed by atoms with van der Waals surface area (Å²) in [5.41, 5.74) is 1.88. The first-order valence-corrected chi connectivity index (χ1v) is 5.76. The predicted octanol–water partition coefficient (Wildman–Crippen LogP) is 3.50. The van der Waals surface area contributed by atoms with Crippen molar-refractivity contribution in [2.45, 2.75) is 20.8 Å². The van der Waals surface area contributed by atoms with Gasteiger partial charge in [0.05, 0.1) is 0 Å². The minimum absolute atomic E-state index is 0.185. The lowest BCUT2D eigenvalue weighted by atomic mass is 9.97. The van der Waals surface area contributed by atoms with Crippen LogP contribution in [-0.4, -0.2) is 11.5 Å². The molecule has 2 N–H and O–H groups in total. The lowest BCUT2D eigenvalue weighted by Gasteiger charge is -2.18. The Labute approximate surface area is 101 Å². The summed E-state index contributed by atoms with van der Waals surface area (Å²) in [6.45, 7) is 7.31. The molecule has 1 aromatic heterocycles. The average molecular weight is 227 g/mol. The van der Waals surface area contributed by atoms with Crippen LogP contribution in [0.5, 0.6) is 0 Å². The Bertz CT molecular complexity index is 567. The molecule has 1 aromatic carbocycles. The van der Waals surface area contributed by atoms with Gasteiger partial charge in [-0.25, -0.2) is 0 Å². The molecule has 0 aliphatic heterocycles. The second kappa shape index (κ2) is 4.14. The van der Waals surface area contributed by atoms with E-state index in [1.807, 2.05) is 24.3 Å². The molecular weight excluding hydrogens is 210 g/mol. The zero-order valence-corrected chi connectivity index (χ0v) is 10.5. The summed E-state index contributed by atoms with van der Waals surface area (Å²) in [6.07, 6.45) is 0. The van der Waals surface area contributed by atoms with E-state index in [0.717, 1.165) is 23.3 Å². The number of rotatable bonds is 2. The van der Waals surface area contributed by atoms with Crippen molar-refractivity contribution < 1.29 is 0 Å². The number of aromatic amines is 1. The molecule has 0 spiro atoms. The number of nitrogens with zero attached hydrogens (tertiary/aromatic N) is 1. The average Bonchev–Trinajstić information content (AvgIpc) is 2.63. The highest BCUT2D eigenvalue weighted by Gasteiger charge is 2.14. The SMILES string of the molecule is CC(C)(C)CNc1[nH]c2ccccc2c1C#N. The molecule has 0 aliphatic carbocycles. The molecule has 17 heavy (non-hydrogen) atoms. The van der Waals surface area contributed by atoms with Crippen LogP contribution in [0.1, 0.15) is 26.3 Å². The topological polar surface area (TPSA) is 51.6 Å². The summed E-state index contributed by atoms with van der Waals surface area (Å²) in [5.74, 6) is 0.823. The number of hydrogen-bond donors (Lipinski definition) is 2. The van der Waals surface area contributed by atoms with Gasteiger partial charge in [0, 0.05) is 17.4 Å². The van der Waals surface area contributed by atoms with Gasteiger partial charge >= 0.3 is 0 Å². The number of benzene rings is 1. The van der Waals surface area contributed by atoms with Crippen molar-refractivity contribution >= 4 is 16.7 Å². The van der Waals surface area contributed by atoms with Crippen LogP contribution in [0, 0.1) is 16.7 Å². The van der Waals surface area contributed by atoms with Crippen LogP contribution in [0.2, 0.25) is 0 Å². The maximum absolute atomic E-state index is 9.22. The number of fused-ring (bicyclic) bond motifs is 1. The minimum Gasteiger partial charge on any atom is -0.370 e. The van der Waals surface area contributed by atoms with Gasteiger partial charge in [0.25, 0.3) is 0 Å². The molecule has 1 heterocycles. The fourth-order valence-corrected chi connectivity index (χ4v) is 1.74. The molecule has 0 radical (unpaired) electrons. The molecular formula is C14H17N3. The molecule has 88 valence electrons. The number of nitrogens with one attached hydrogen (secondary N) is 2. The second-order valence-electron chi connectivity index (χ2n) is 5.45. The molecule has 0 amide bonds. The fraction of sp³-hybridized carbons (Fsp3) is 0.357. The highest BCUT2D eigenvalue weighted by Crippen LogP contribution is 2.26. The van der Waals surface area contributed by atoms with Crippen molar-refractivity contribution in [3.8, 4) is 6.07 Å². The Morgan fingerprint density at radius 3 is 2.65 bits per heavy atom. The fourth-order valence-electron chi connectivity index (χ4n) is 1.74. The van der Waals surface area contributed by atoms with Crippen LogP contribution < -0.4 is 5.32 Å². The summed E-state index contributed by atoms with van der Waals surface area (Å²) in [6, 6.07) is 10.1. The van der Waals surface area contributed by atoms with Crippen molar-refractivity contribution in [3.63, 3.8) is 0 Å². The van der Waals surface area contributed by atoms with Crippen molar-refractivity contribution in [1.82, 2.24) is 4.98 Å². The molecule has 0 bridgehead atoms. The van der Waals surface area contributed by atoms with Crippen LogP contribution in [0.3, 0.4) is 0 Å². The molecule has 0 saturated heterocycles. The Morgan fingerprint density at radius 2 is 2.00 bits per heavy atom. The highest BCUT2D eigenvalue weighted by atomic mass is 15.0. The Hall–Kier alpha value is -1.95. The van der Waals surface area contributed by atoms with E-state index in [2.05, 4.69) is 37.1 Å². The van der Waals surface area contributed by atoms with Crippen molar-refractivity contribution in [3.05, 3.63) is 29.8 Å². The van der Waals surface area contributed by atoms with Crippen molar-refractivity contribution in [1.29, 1.82) is 5.26 Å². The number of nitriles is 1. The number of aromatic nitrogens is 1. The molecule has 3 nitrogen and oxygen atoms in total. The van der Waals surface area contributed by atoms with E-state index in [1.54, 1.807) is 0 Å². The first-order valence-electron chi connectivity index (χ1n) is 5.76. The van der Waals surface area contributed by atoms with Crippen molar-refractivity contribution in [2.75, 3.05) is 11.9 Å². The van der Waals surface area contributed by atoms with Gasteiger partial charge in [-0.15, -0.1) is 0 Å². The molecule has 0 aliphatic rings. The Kier molecular flexibility index (Phi) is 2.81. The maximum atomic E-state index is 9.22. The summed E-state index contributed by atoms with van der Waals surface area (Å²) in [5, 5.41) is 13.5. The monoisotopic (exact) mass is 227 g/mol. The van der Waals surface area contributed by atoms with Gasteiger partial charge in [0.2, 0.25) is 0 Å². The van der Waals surface area contributed by atoms with Crippen molar-refractivity contribution in [2.24, 2.45) is 5.41 Å². The zero-order valence-electron chi connectivity index (χ0n) is 10.5. The van der Waals surface area contributed by atoms with Crippen LogP contribution >= 0.6 is 0 Å². The third-order valence-electron chi connectivity index (χ3n) is 2.61. The summed E-state index contributed by atoms with van der Waals surface area (Å²) in [4.78, 5) is 3.25. The predicted molar refractivity (Wildman–Crippen MR) is 71.0 cm³/mol. The molecule has 0 atom stereocenters. The molecule has 0 saturated carbocycles. The third-order valence-corrected chi connectivity index (χ3v) is 2.61. The van der Waals surface area contributed by atoms with Crippen LogP contribution in [-0.2, 0) is 0 Å². The van der Waals surface area contributed by atoms with E-state index in [9.17, 15) is 5.26 Å². The first kappa shape index (κ1) is 11.5. The summed E-state index contributed by atoms with van der Waals surface area (Å²) in [7, 11) is 0. The normalized spacial score (nSPS) is 11.4. The number of hydrogen-bond acceptors (Lipinski definition) is 2. The zero-order chi connectivity index (χ0) is 12.5. The molecule has 3 heteroatoms. The van der Waals surface area contributed by atoms with Gasteiger partial charge < -0.3 is 10.3 Å². The van der Waals surface area contributed by atoms with Gasteiger partial charge in [0.1, 0.15) is 17.5 Å². The smallest absolute Gasteiger partial charge is 0.122 e. The van der Waals surface area contributed by atoms with Gasteiger partial charge in [-0.05, 0) is 11.5 Å². The maximum Gasteiger partial charge on any atom is 0.122 e. The van der Waals surface area contributed by atoms with E-state index < -0.39 is 0 Å². The lowest BCUT2D eigenvalue weighted by molar-refractivity contribution is 0.442. The van der Waals surface area contributed by atoms with E-state index in [4.69, 9.17) is 0 Å². The van der Waals surface area contributed by atoms with Gasteiger partial charge in [-0.3, -0.25) is 0 Å². The highest BCUT2D eigenvalue weighted by molar-refractivity contribution is 5.91. The second-order valence-corrected chi connectivity index (χ2v) is 5.45. The number of H-pyrrole nitrogens is 1. The Balaban J connectivity index is 2.38. The first-order chi connectivity index (χ1) is 8.01. The largest absolute Gasteiger partial charge is 0.370 e. The quantitative estimate of drug-likeness (QED) is 0.825. The Morgan fingerprint density at radius 1 is 1.29 bits per heavy atom. The van der Waals surface area contributed by atoms with E-state index >= 15 is 0 Å². The minimum atomic E-state index is 0.185. The van der Waals surface area contributed by atoms with E-state index in [1.165, 1.54) is 0 Å². The molecule has 0 fully saturated rings. The molecule has 2 aromatic rings. The van der Waals surface area contributed by atoms with E-state index in [-0.39, 0.29) is 5.41 Å². The van der Waals surface area contributed by atoms with Crippen LogP contribution in [0.15, 0.2) is 24.3 Å². The van der Waals surface area contributed by atoms with Gasteiger partial charge in [-0.1, -0.05) is 39.0 Å². The van der Waals surface area contributed by atoms with Gasteiger partial charge in [-0.2, -0.15) is 5.26 Å². The number of anilines is 1. The van der Waals surface area contributed by atoms with Gasteiger partial charge in [0.15, 0.2) is 0 Å².